The maximum Gasteiger partial charge on any atom is 0.245 e. The van der Waals surface area contributed by atoms with Crippen LogP contribution in [-0.4, -0.2) is 40.3 Å². The van der Waals surface area contributed by atoms with Crippen molar-refractivity contribution in [2.45, 2.75) is 19.8 Å². The number of fused-ring (bicyclic) bond motifs is 1. The van der Waals surface area contributed by atoms with E-state index in [1.807, 2.05) is 24.3 Å². The molecule has 1 aliphatic rings. The molecule has 3 rings (SSSR count). The van der Waals surface area contributed by atoms with Crippen molar-refractivity contribution in [3.63, 3.8) is 0 Å². The van der Waals surface area contributed by atoms with Crippen LogP contribution in [-0.2, 0) is 14.8 Å². The van der Waals surface area contributed by atoms with Crippen molar-refractivity contribution in [3.05, 3.63) is 48.0 Å². The zero-order chi connectivity index (χ0) is 20.3. The molecule has 8 heteroatoms. The first-order valence-corrected chi connectivity index (χ1v) is 10.9. The van der Waals surface area contributed by atoms with Gasteiger partial charge in [0, 0.05) is 11.8 Å². The molecule has 150 valence electrons. The van der Waals surface area contributed by atoms with Crippen molar-refractivity contribution < 1.29 is 22.7 Å². The van der Waals surface area contributed by atoms with Gasteiger partial charge in [-0.15, -0.1) is 0 Å². The highest BCUT2D eigenvalue weighted by Crippen LogP contribution is 2.34. The van der Waals surface area contributed by atoms with E-state index in [1.54, 1.807) is 18.2 Å². The number of nitrogens with one attached hydrogen (secondary N) is 1. The molecular weight excluding hydrogens is 380 g/mol. The van der Waals surface area contributed by atoms with Crippen LogP contribution in [0.15, 0.2) is 42.5 Å². The van der Waals surface area contributed by atoms with Gasteiger partial charge in [0.2, 0.25) is 15.9 Å². The predicted molar refractivity (Wildman–Crippen MR) is 109 cm³/mol. The smallest absolute Gasteiger partial charge is 0.245 e. The Morgan fingerprint density at radius 3 is 2.32 bits per heavy atom. The molecule has 2 aromatic rings. The van der Waals surface area contributed by atoms with Gasteiger partial charge in [-0.25, -0.2) is 8.42 Å². The molecule has 0 aliphatic carbocycles. The summed E-state index contributed by atoms with van der Waals surface area (Å²) in [6.07, 6.45) is 1.06. The van der Waals surface area contributed by atoms with E-state index in [2.05, 4.69) is 19.2 Å². The molecule has 0 radical (unpaired) electrons. The van der Waals surface area contributed by atoms with Crippen LogP contribution in [0.4, 0.5) is 11.4 Å². The molecule has 2 aromatic carbocycles. The first kappa shape index (κ1) is 20.0. The van der Waals surface area contributed by atoms with Gasteiger partial charge in [0.1, 0.15) is 19.8 Å². The van der Waals surface area contributed by atoms with Crippen LogP contribution in [0.1, 0.15) is 25.3 Å². The number of ether oxygens (including phenoxy) is 2. The van der Waals surface area contributed by atoms with Crippen LogP contribution in [0, 0.1) is 0 Å². The number of carbonyl (C=O) groups excluding carboxylic acids is 1. The monoisotopic (exact) mass is 404 g/mol. The number of anilines is 2. The van der Waals surface area contributed by atoms with E-state index >= 15 is 0 Å². The SMILES string of the molecule is CC(C)c1ccc(NC(=O)CN(c2ccc3c(c2)OCCO3)S(C)(=O)=O)cc1. The molecule has 1 amide bonds. The highest BCUT2D eigenvalue weighted by atomic mass is 32.2. The van der Waals surface area contributed by atoms with Crippen LogP contribution in [0.5, 0.6) is 11.5 Å². The summed E-state index contributed by atoms with van der Waals surface area (Å²) in [5.74, 6) is 0.971. The molecule has 0 saturated heterocycles. The summed E-state index contributed by atoms with van der Waals surface area (Å²) in [6.45, 7) is 4.67. The summed E-state index contributed by atoms with van der Waals surface area (Å²) < 4.78 is 36.6. The minimum absolute atomic E-state index is 0.343. The van der Waals surface area contributed by atoms with Crippen LogP contribution < -0.4 is 19.1 Å². The molecule has 7 nitrogen and oxygen atoms in total. The Morgan fingerprint density at radius 2 is 1.71 bits per heavy atom. The maximum absolute atomic E-state index is 12.5. The van der Waals surface area contributed by atoms with E-state index in [0.29, 0.717) is 42.0 Å². The fraction of sp³-hybridized carbons (Fsp3) is 0.350. The van der Waals surface area contributed by atoms with E-state index in [1.165, 1.54) is 0 Å². The maximum atomic E-state index is 12.5. The molecular formula is C20H24N2O5S. The fourth-order valence-corrected chi connectivity index (χ4v) is 3.72. The number of benzene rings is 2. The Hall–Kier alpha value is -2.74. The van der Waals surface area contributed by atoms with Gasteiger partial charge in [0.15, 0.2) is 11.5 Å². The Kier molecular flexibility index (Phi) is 5.79. The van der Waals surface area contributed by atoms with Gasteiger partial charge in [-0.1, -0.05) is 26.0 Å². The molecule has 0 bridgehead atoms. The van der Waals surface area contributed by atoms with Crippen LogP contribution in [0.25, 0.3) is 0 Å². The van der Waals surface area contributed by atoms with E-state index in [4.69, 9.17) is 9.47 Å². The van der Waals surface area contributed by atoms with Crippen molar-refractivity contribution in [1.82, 2.24) is 0 Å². The second-order valence-electron chi connectivity index (χ2n) is 6.92. The number of hydrogen-bond donors (Lipinski definition) is 1. The van der Waals surface area contributed by atoms with Crippen molar-refractivity contribution in [1.29, 1.82) is 0 Å². The van der Waals surface area contributed by atoms with Gasteiger partial charge in [-0.2, -0.15) is 0 Å². The Balaban J connectivity index is 1.76. The zero-order valence-corrected chi connectivity index (χ0v) is 17.0. The lowest BCUT2D eigenvalue weighted by atomic mass is 10.0. The van der Waals surface area contributed by atoms with Gasteiger partial charge in [0.25, 0.3) is 0 Å². The summed E-state index contributed by atoms with van der Waals surface area (Å²) in [7, 11) is -3.67. The molecule has 0 unspecified atom stereocenters. The Morgan fingerprint density at radius 1 is 1.07 bits per heavy atom. The number of carbonyl (C=O) groups is 1. The summed E-state index contributed by atoms with van der Waals surface area (Å²) >= 11 is 0. The third-order valence-corrected chi connectivity index (χ3v) is 5.50. The number of rotatable bonds is 6. The molecule has 0 saturated carbocycles. The number of nitrogens with zero attached hydrogens (tertiary/aromatic N) is 1. The average Bonchev–Trinajstić information content (AvgIpc) is 2.65. The molecule has 0 fully saturated rings. The summed E-state index contributed by atoms with van der Waals surface area (Å²) in [6, 6.07) is 12.3. The number of amides is 1. The van der Waals surface area contributed by atoms with Crippen molar-refractivity contribution in [2.24, 2.45) is 0 Å². The molecule has 0 spiro atoms. The number of sulfonamides is 1. The van der Waals surface area contributed by atoms with Crippen LogP contribution in [0.3, 0.4) is 0 Å². The Labute approximate surface area is 165 Å². The molecule has 1 N–H and O–H groups in total. The summed E-state index contributed by atoms with van der Waals surface area (Å²) in [5.41, 5.74) is 2.12. The molecule has 0 atom stereocenters. The quantitative estimate of drug-likeness (QED) is 0.800. The van der Waals surface area contributed by atoms with Crippen LogP contribution >= 0.6 is 0 Å². The second-order valence-corrected chi connectivity index (χ2v) is 8.83. The topological polar surface area (TPSA) is 84.9 Å². The van der Waals surface area contributed by atoms with Gasteiger partial charge in [-0.3, -0.25) is 9.10 Å². The highest BCUT2D eigenvalue weighted by molar-refractivity contribution is 7.92. The predicted octanol–water partition coefficient (Wildman–Crippen LogP) is 2.99. The first-order valence-electron chi connectivity index (χ1n) is 9.01. The van der Waals surface area contributed by atoms with Gasteiger partial charge in [-0.05, 0) is 35.7 Å². The highest BCUT2D eigenvalue weighted by Gasteiger charge is 2.23. The van der Waals surface area contributed by atoms with Crippen LogP contribution in [0.2, 0.25) is 0 Å². The minimum Gasteiger partial charge on any atom is -0.486 e. The molecule has 1 aliphatic heterocycles. The summed E-state index contributed by atoms with van der Waals surface area (Å²) in [5, 5.41) is 2.74. The van der Waals surface area contributed by atoms with Crippen molar-refractivity contribution in [3.8, 4) is 11.5 Å². The second kappa shape index (κ2) is 8.10. The molecule has 28 heavy (non-hydrogen) atoms. The Bertz CT molecular complexity index is 955. The van der Waals surface area contributed by atoms with E-state index in [9.17, 15) is 13.2 Å². The normalized spacial score (nSPS) is 13.3. The molecule has 0 aromatic heterocycles. The first-order chi connectivity index (χ1) is 13.2. The lowest BCUT2D eigenvalue weighted by Crippen LogP contribution is -2.37. The third-order valence-electron chi connectivity index (χ3n) is 4.36. The standard InChI is InChI=1S/C20H24N2O5S/c1-14(2)15-4-6-16(7-5-15)21-20(23)13-22(28(3,24)25)17-8-9-18-19(12-17)27-11-10-26-18/h4-9,12,14H,10-11,13H2,1-3H3,(H,21,23). The third kappa shape index (κ3) is 4.75. The fourth-order valence-electron chi connectivity index (χ4n) is 2.87. The van der Waals surface area contributed by atoms with E-state index in [-0.39, 0.29) is 6.54 Å². The van der Waals surface area contributed by atoms with Gasteiger partial charge in [0.05, 0.1) is 11.9 Å². The van der Waals surface area contributed by atoms with Crippen molar-refractivity contribution in [2.75, 3.05) is 35.6 Å². The number of hydrogen-bond acceptors (Lipinski definition) is 5. The summed E-state index contributed by atoms with van der Waals surface area (Å²) in [4.78, 5) is 12.5. The van der Waals surface area contributed by atoms with E-state index < -0.39 is 15.9 Å². The van der Waals surface area contributed by atoms with Crippen molar-refractivity contribution >= 4 is 27.3 Å². The average molecular weight is 404 g/mol. The zero-order valence-electron chi connectivity index (χ0n) is 16.1. The largest absolute Gasteiger partial charge is 0.486 e. The minimum atomic E-state index is -3.67. The van der Waals surface area contributed by atoms with Gasteiger partial charge >= 0.3 is 0 Å². The molecule has 1 heterocycles. The lowest BCUT2D eigenvalue weighted by molar-refractivity contribution is -0.114. The van der Waals surface area contributed by atoms with Gasteiger partial charge < -0.3 is 14.8 Å². The lowest BCUT2D eigenvalue weighted by Gasteiger charge is -2.24. The van der Waals surface area contributed by atoms with E-state index in [0.717, 1.165) is 16.1 Å².